The molecule has 0 unspecified atom stereocenters. The molecule has 0 aliphatic carbocycles. The quantitative estimate of drug-likeness (QED) is 0.779. The molecule has 0 saturated carbocycles. The van der Waals surface area contributed by atoms with Gasteiger partial charge in [-0.3, -0.25) is 4.79 Å². The minimum absolute atomic E-state index is 0.284. The Morgan fingerprint density at radius 1 is 1.41 bits per heavy atom. The Bertz CT molecular complexity index is 728. The van der Waals surface area contributed by atoms with Gasteiger partial charge in [0.2, 0.25) is 0 Å². The summed E-state index contributed by atoms with van der Waals surface area (Å²) in [4.78, 5) is 15.0. The van der Waals surface area contributed by atoms with E-state index in [2.05, 4.69) is 24.1 Å². The number of hydrogen-bond acceptors (Lipinski definition) is 3. The summed E-state index contributed by atoms with van der Waals surface area (Å²) in [6.45, 7) is 4.71. The lowest BCUT2D eigenvalue weighted by atomic mass is 10.2. The highest BCUT2D eigenvalue weighted by Crippen LogP contribution is 2.28. The average Bonchev–Trinajstić information content (AvgIpc) is 2.46. The van der Waals surface area contributed by atoms with Crippen LogP contribution in [0.15, 0.2) is 36.5 Å². The lowest BCUT2D eigenvalue weighted by molar-refractivity contribution is 0.102. The summed E-state index contributed by atoms with van der Waals surface area (Å²) in [5, 5.41) is 3.22. The molecule has 0 saturated heterocycles. The number of aromatic amines is 1. The van der Waals surface area contributed by atoms with Crippen molar-refractivity contribution < 1.29 is 9.53 Å². The van der Waals surface area contributed by atoms with Crippen molar-refractivity contribution >= 4 is 35.4 Å². The van der Waals surface area contributed by atoms with Gasteiger partial charge in [-0.2, -0.15) is 0 Å². The van der Waals surface area contributed by atoms with E-state index in [9.17, 15) is 4.79 Å². The summed E-state index contributed by atoms with van der Waals surface area (Å²) in [7, 11) is 0. The second kappa shape index (κ2) is 7.42. The average molecular weight is 337 g/mol. The maximum atomic E-state index is 12.2. The van der Waals surface area contributed by atoms with Gasteiger partial charge in [-0.1, -0.05) is 37.7 Å². The fourth-order valence-electron chi connectivity index (χ4n) is 1.75. The van der Waals surface area contributed by atoms with E-state index in [4.69, 9.17) is 28.6 Å². The third kappa shape index (κ3) is 4.32. The van der Waals surface area contributed by atoms with E-state index in [0.29, 0.717) is 39.2 Å². The molecule has 6 heteroatoms. The van der Waals surface area contributed by atoms with E-state index in [1.54, 1.807) is 36.5 Å². The summed E-state index contributed by atoms with van der Waals surface area (Å²) in [5.74, 6) is 0.731. The molecule has 1 aromatic heterocycles. The van der Waals surface area contributed by atoms with Gasteiger partial charge in [0.1, 0.15) is 10.4 Å². The van der Waals surface area contributed by atoms with Crippen LogP contribution in [0.1, 0.15) is 24.2 Å². The van der Waals surface area contributed by atoms with E-state index in [-0.39, 0.29) is 5.91 Å². The number of H-pyrrole nitrogens is 1. The molecule has 2 rings (SSSR count). The van der Waals surface area contributed by atoms with Crippen molar-refractivity contribution in [3.05, 3.63) is 51.8 Å². The minimum Gasteiger partial charge on any atom is -0.492 e. The molecule has 22 heavy (non-hydrogen) atoms. The van der Waals surface area contributed by atoms with E-state index >= 15 is 0 Å². The normalized spacial score (nSPS) is 10.5. The van der Waals surface area contributed by atoms with Crippen molar-refractivity contribution in [1.29, 1.82) is 0 Å². The molecular formula is C16H17ClN2O2S. The van der Waals surface area contributed by atoms with Crippen molar-refractivity contribution in [2.45, 2.75) is 13.8 Å². The van der Waals surface area contributed by atoms with E-state index in [0.717, 1.165) is 0 Å². The van der Waals surface area contributed by atoms with Gasteiger partial charge in [0.15, 0.2) is 0 Å². The van der Waals surface area contributed by atoms with Gasteiger partial charge in [-0.25, -0.2) is 0 Å². The van der Waals surface area contributed by atoms with Gasteiger partial charge in [0.25, 0.3) is 5.91 Å². The Labute approximate surface area is 139 Å². The van der Waals surface area contributed by atoms with Gasteiger partial charge in [0.05, 0.1) is 17.2 Å². The van der Waals surface area contributed by atoms with Crippen molar-refractivity contribution in [2.75, 3.05) is 11.9 Å². The highest BCUT2D eigenvalue weighted by atomic mass is 35.5. The monoisotopic (exact) mass is 336 g/mol. The molecule has 0 radical (unpaired) electrons. The summed E-state index contributed by atoms with van der Waals surface area (Å²) in [6.07, 6.45) is 1.68. The number of amides is 1. The van der Waals surface area contributed by atoms with Crippen LogP contribution in [-0.4, -0.2) is 17.5 Å². The Morgan fingerprint density at radius 2 is 2.18 bits per heavy atom. The predicted molar refractivity (Wildman–Crippen MR) is 91.4 cm³/mol. The van der Waals surface area contributed by atoms with Crippen LogP contribution in [0.4, 0.5) is 5.69 Å². The molecule has 1 aromatic carbocycles. The molecule has 2 N–H and O–H groups in total. The fraction of sp³-hybridized carbons (Fsp3) is 0.250. The molecular weight excluding hydrogens is 320 g/mol. The first-order chi connectivity index (χ1) is 10.5. The first-order valence-electron chi connectivity index (χ1n) is 6.89. The number of ether oxygens (including phenoxy) is 1. The summed E-state index contributed by atoms with van der Waals surface area (Å²) in [6, 6.07) is 8.53. The van der Waals surface area contributed by atoms with Crippen LogP contribution in [0, 0.1) is 10.6 Å². The molecule has 0 atom stereocenters. The number of anilines is 1. The second-order valence-electron chi connectivity index (χ2n) is 5.22. The number of carbonyl (C=O) groups is 1. The lowest BCUT2D eigenvalue weighted by Crippen LogP contribution is -2.13. The van der Waals surface area contributed by atoms with E-state index in [1.165, 1.54) is 0 Å². The first kappa shape index (κ1) is 16.5. The van der Waals surface area contributed by atoms with Crippen molar-refractivity contribution in [2.24, 2.45) is 5.92 Å². The zero-order chi connectivity index (χ0) is 16.1. The van der Waals surface area contributed by atoms with Gasteiger partial charge >= 0.3 is 0 Å². The second-order valence-corrected chi connectivity index (χ2v) is 6.03. The Kier molecular flexibility index (Phi) is 5.57. The van der Waals surface area contributed by atoms with Gasteiger partial charge in [-0.15, -0.1) is 0 Å². The number of pyridine rings is 1. The molecule has 1 amide bonds. The molecule has 2 aromatic rings. The SMILES string of the molecule is CC(C)COc1ccc(NC(=O)c2ccc[nH]c2=S)cc1Cl. The molecule has 0 bridgehead atoms. The third-order valence-electron chi connectivity index (χ3n) is 2.82. The Hall–Kier alpha value is -1.85. The molecule has 4 nitrogen and oxygen atoms in total. The summed E-state index contributed by atoms with van der Waals surface area (Å²) >= 11 is 11.3. The largest absolute Gasteiger partial charge is 0.492 e. The van der Waals surface area contributed by atoms with Crippen molar-refractivity contribution in [3.63, 3.8) is 0 Å². The van der Waals surface area contributed by atoms with Crippen LogP contribution in [0.3, 0.4) is 0 Å². The zero-order valence-corrected chi connectivity index (χ0v) is 13.9. The number of halogens is 1. The van der Waals surface area contributed by atoms with Crippen LogP contribution >= 0.6 is 23.8 Å². The maximum absolute atomic E-state index is 12.2. The van der Waals surface area contributed by atoms with Crippen LogP contribution < -0.4 is 10.1 Å². The topological polar surface area (TPSA) is 54.1 Å². The Morgan fingerprint density at radius 3 is 2.82 bits per heavy atom. The standard InChI is InChI=1S/C16H17ClN2O2S/c1-10(2)9-21-14-6-5-11(8-13(14)17)19-15(20)12-4-3-7-18-16(12)22/h3-8,10H,9H2,1-2H3,(H,18,22)(H,19,20). The summed E-state index contributed by atoms with van der Waals surface area (Å²) < 4.78 is 5.99. The number of rotatable bonds is 5. The Balaban J connectivity index is 2.11. The smallest absolute Gasteiger partial charge is 0.258 e. The molecule has 1 heterocycles. The first-order valence-corrected chi connectivity index (χ1v) is 7.67. The lowest BCUT2D eigenvalue weighted by Gasteiger charge is -2.12. The number of benzene rings is 1. The fourth-order valence-corrected chi connectivity index (χ4v) is 2.21. The molecule has 0 fully saturated rings. The number of hydrogen-bond donors (Lipinski definition) is 2. The van der Waals surface area contributed by atoms with Crippen LogP contribution in [0.5, 0.6) is 5.75 Å². The number of aromatic nitrogens is 1. The van der Waals surface area contributed by atoms with Gasteiger partial charge < -0.3 is 15.0 Å². The van der Waals surface area contributed by atoms with Crippen LogP contribution in [-0.2, 0) is 0 Å². The molecule has 0 aliphatic rings. The van der Waals surface area contributed by atoms with E-state index in [1.807, 2.05) is 0 Å². The highest BCUT2D eigenvalue weighted by molar-refractivity contribution is 7.71. The van der Waals surface area contributed by atoms with Crippen LogP contribution in [0.25, 0.3) is 0 Å². The zero-order valence-electron chi connectivity index (χ0n) is 12.4. The highest BCUT2D eigenvalue weighted by Gasteiger charge is 2.10. The van der Waals surface area contributed by atoms with Gasteiger partial charge in [0, 0.05) is 11.9 Å². The minimum atomic E-state index is -0.284. The summed E-state index contributed by atoms with van der Waals surface area (Å²) in [5.41, 5.74) is 0.999. The van der Waals surface area contributed by atoms with E-state index < -0.39 is 0 Å². The third-order valence-corrected chi connectivity index (χ3v) is 3.46. The van der Waals surface area contributed by atoms with Crippen molar-refractivity contribution in [3.8, 4) is 5.75 Å². The van der Waals surface area contributed by atoms with Crippen molar-refractivity contribution in [1.82, 2.24) is 4.98 Å². The molecule has 0 spiro atoms. The molecule has 0 aliphatic heterocycles. The maximum Gasteiger partial charge on any atom is 0.258 e. The predicted octanol–water partition coefficient (Wildman–Crippen LogP) is 4.68. The van der Waals surface area contributed by atoms with Gasteiger partial charge in [-0.05, 0) is 36.2 Å². The molecule has 116 valence electrons. The number of nitrogens with one attached hydrogen (secondary N) is 2. The number of carbonyl (C=O) groups excluding carboxylic acids is 1. The van der Waals surface area contributed by atoms with Crippen LogP contribution in [0.2, 0.25) is 5.02 Å².